The van der Waals surface area contributed by atoms with Crippen molar-refractivity contribution in [1.29, 1.82) is 0 Å². The Balaban J connectivity index is 3.11. The smallest absolute Gasteiger partial charge is 0.325 e. The SMILES string of the molecule is CO/N=C/c1c[nH]c(=O)[nH]c1=O. The monoisotopic (exact) mass is 169 g/mol. The molecule has 2 N–H and O–H groups in total. The van der Waals surface area contributed by atoms with E-state index >= 15 is 0 Å². The molecular formula is C6H7N3O3. The Morgan fingerprint density at radius 3 is 2.92 bits per heavy atom. The average Bonchev–Trinajstić information content (AvgIpc) is 2.03. The summed E-state index contributed by atoms with van der Waals surface area (Å²) in [5.74, 6) is 0. The molecule has 0 fully saturated rings. The van der Waals surface area contributed by atoms with Gasteiger partial charge in [-0.3, -0.25) is 9.78 Å². The van der Waals surface area contributed by atoms with Crippen molar-refractivity contribution >= 4 is 6.21 Å². The van der Waals surface area contributed by atoms with Crippen LogP contribution in [-0.2, 0) is 4.84 Å². The van der Waals surface area contributed by atoms with Gasteiger partial charge in [-0.1, -0.05) is 5.16 Å². The van der Waals surface area contributed by atoms with Gasteiger partial charge >= 0.3 is 5.69 Å². The summed E-state index contributed by atoms with van der Waals surface area (Å²) in [5, 5.41) is 3.37. The normalized spacial score (nSPS) is 10.4. The van der Waals surface area contributed by atoms with E-state index in [2.05, 4.69) is 15.0 Å². The first kappa shape index (κ1) is 8.25. The molecule has 0 saturated carbocycles. The summed E-state index contributed by atoms with van der Waals surface area (Å²) >= 11 is 0. The first-order valence-electron chi connectivity index (χ1n) is 3.12. The Kier molecular flexibility index (Phi) is 2.42. The summed E-state index contributed by atoms with van der Waals surface area (Å²) < 4.78 is 0. The topological polar surface area (TPSA) is 87.3 Å². The molecule has 64 valence electrons. The fourth-order valence-electron chi connectivity index (χ4n) is 0.626. The van der Waals surface area contributed by atoms with E-state index in [0.29, 0.717) is 0 Å². The molecular weight excluding hydrogens is 162 g/mol. The highest BCUT2D eigenvalue weighted by molar-refractivity contribution is 5.77. The fraction of sp³-hybridized carbons (Fsp3) is 0.167. The number of oxime groups is 1. The molecule has 1 heterocycles. The molecule has 6 nitrogen and oxygen atoms in total. The van der Waals surface area contributed by atoms with Crippen molar-refractivity contribution in [2.45, 2.75) is 0 Å². The van der Waals surface area contributed by atoms with Crippen LogP contribution in [0.4, 0.5) is 0 Å². The van der Waals surface area contributed by atoms with Crippen LogP contribution in [0.3, 0.4) is 0 Å². The number of nitrogens with one attached hydrogen (secondary N) is 2. The first-order chi connectivity index (χ1) is 5.74. The van der Waals surface area contributed by atoms with Crippen molar-refractivity contribution in [2.24, 2.45) is 5.16 Å². The van der Waals surface area contributed by atoms with Crippen LogP contribution < -0.4 is 11.2 Å². The van der Waals surface area contributed by atoms with E-state index in [0.717, 1.165) is 0 Å². The lowest BCUT2D eigenvalue weighted by molar-refractivity contribution is 0.215. The number of H-pyrrole nitrogens is 2. The number of aromatic amines is 2. The zero-order valence-electron chi connectivity index (χ0n) is 6.33. The third-order valence-electron chi connectivity index (χ3n) is 1.15. The lowest BCUT2D eigenvalue weighted by Crippen LogP contribution is -2.24. The molecule has 0 amide bonds. The van der Waals surface area contributed by atoms with Crippen LogP contribution in [0.5, 0.6) is 0 Å². The Bertz CT molecular complexity index is 390. The highest BCUT2D eigenvalue weighted by Crippen LogP contribution is 1.77. The molecule has 0 saturated heterocycles. The second-order valence-corrected chi connectivity index (χ2v) is 1.94. The predicted molar refractivity (Wildman–Crippen MR) is 42.3 cm³/mol. The van der Waals surface area contributed by atoms with E-state index in [4.69, 9.17) is 0 Å². The van der Waals surface area contributed by atoms with Crippen LogP contribution >= 0.6 is 0 Å². The number of hydrogen-bond acceptors (Lipinski definition) is 4. The minimum Gasteiger partial charge on any atom is -0.399 e. The van der Waals surface area contributed by atoms with Gasteiger partial charge in [-0.15, -0.1) is 0 Å². The molecule has 12 heavy (non-hydrogen) atoms. The summed E-state index contributed by atoms with van der Waals surface area (Å²) in [6.45, 7) is 0. The second-order valence-electron chi connectivity index (χ2n) is 1.94. The molecule has 0 radical (unpaired) electrons. The largest absolute Gasteiger partial charge is 0.399 e. The highest BCUT2D eigenvalue weighted by atomic mass is 16.6. The third kappa shape index (κ3) is 1.82. The van der Waals surface area contributed by atoms with Crippen molar-refractivity contribution in [3.8, 4) is 0 Å². The molecule has 0 unspecified atom stereocenters. The molecule has 0 atom stereocenters. The minimum absolute atomic E-state index is 0.233. The van der Waals surface area contributed by atoms with Crippen molar-refractivity contribution in [3.05, 3.63) is 32.6 Å². The van der Waals surface area contributed by atoms with E-state index in [1.165, 1.54) is 19.5 Å². The van der Waals surface area contributed by atoms with Crippen LogP contribution in [0, 0.1) is 0 Å². The molecule has 6 heteroatoms. The molecule has 0 aliphatic carbocycles. The van der Waals surface area contributed by atoms with Gasteiger partial charge in [0.25, 0.3) is 5.56 Å². The maximum atomic E-state index is 10.9. The molecule has 1 aromatic rings. The number of rotatable bonds is 2. The van der Waals surface area contributed by atoms with Gasteiger partial charge in [0.15, 0.2) is 0 Å². The van der Waals surface area contributed by atoms with Crippen molar-refractivity contribution in [3.63, 3.8) is 0 Å². The lowest BCUT2D eigenvalue weighted by Gasteiger charge is -1.88. The second kappa shape index (κ2) is 3.51. The van der Waals surface area contributed by atoms with Gasteiger partial charge in [-0.2, -0.15) is 0 Å². The van der Waals surface area contributed by atoms with E-state index in [1.54, 1.807) is 0 Å². The maximum absolute atomic E-state index is 10.9. The molecule has 1 rings (SSSR count). The van der Waals surface area contributed by atoms with E-state index < -0.39 is 11.2 Å². The maximum Gasteiger partial charge on any atom is 0.325 e. The fourth-order valence-corrected chi connectivity index (χ4v) is 0.626. The molecule has 1 aromatic heterocycles. The third-order valence-corrected chi connectivity index (χ3v) is 1.15. The average molecular weight is 169 g/mol. The quantitative estimate of drug-likeness (QED) is 0.441. The van der Waals surface area contributed by atoms with Crippen LogP contribution in [0.15, 0.2) is 20.9 Å². The summed E-state index contributed by atoms with van der Waals surface area (Å²) in [6, 6.07) is 0. The van der Waals surface area contributed by atoms with Crippen LogP contribution in [0.2, 0.25) is 0 Å². The zero-order chi connectivity index (χ0) is 8.97. The van der Waals surface area contributed by atoms with Gasteiger partial charge in [0.1, 0.15) is 7.11 Å². The molecule has 0 aliphatic rings. The number of nitrogens with zero attached hydrogens (tertiary/aromatic N) is 1. The van der Waals surface area contributed by atoms with Crippen LogP contribution in [0.1, 0.15) is 5.56 Å². The minimum atomic E-state index is -0.547. The Morgan fingerprint density at radius 2 is 2.33 bits per heavy atom. The Labute approximate surface area is 66.9 Å². The first-order valence-corrected chi connectivity index (χ1v) is 3.12. The number of hydrogen-bond donors (Lipinski definition) is 2. The van der Waals surface area contributed by atoms with Crippen LogP contribution in [-0.4, -0.2) is 23.3 Å². The van der Waals surface area contributed by atoms with Crippen molar-refractivity contribution in [2.75, 3.05) is 7.11 Å². The van der Waals surface area contributed by atoms with Gasteiger partial charge in [-0.05, 0) is 0 Å². The van der Waals surface area contributed by atoms with Gasteiger partial charge in [0, 0.05) is 6.20 Å². The zero-order valence-corrected chi connectivity index (χ0v) is 6.33. The molecule has 0 spiro atoms. The Hall–Kier alpha value is -1.85. The highest BCUT2D eigenvalue weighted by Gasteiger charge is 1.94. The molecule has 0 aliphatic heterocycles. The van der Waals surface area contributed by atoms with Gasteiger partial charge < -0.3 is 9.82 Å². The van der Waals surface area contributed by atoms with E-state index in [-0.39, 0.29) is 5.56 Å². The summed E-state index contributed by atoms with van der Waals surface area (Å²) in [4.78, 5) is 30.1. The van der Waals surface area contributed by atoms with Crippen molar-refractivity contribution < 1.29 is 4.84 Å². The van der Waals surface area contributed by atoms with Crippen LogP contribution in [0.25, 0.3) is 0 Å². The summed E-state index contributed by atoms with van der Waals surface area (Å²) in [7, 11) is 1.36. The summed E-state index contributed by atoms with van der Waals surface area (Å²) in [6.07, 6.45) is 2.46. The molecule has 0 aromatic carbocycles. The molecule has 0 bridgehead atoms. The summed E-state index contributed by atoms with van der Waals surface area (Å²) in [5.41, 5.74) is -0.814. The predicted octanol–water partition coefficient (Wildman–Crippen LogP) is -0.957. The lowest BCUT2D eigenvalue weighted by atomic mass is 10.4. The standard InChI is InChI=1S/C6H7N3O3/c1-12-8-3-4-2-7-6(11)9-5(4)10/h2-3H,1H3,(H2,7,9,10,11)/b8-3+. The van der Waals surface area contributed by atoms with Crippen molar-refractivity contribution in [1.82, 2.24) is 9.97 Å². The van der Waals surface area contributed by atoms with E-state index in [1.807, 2.05) is 4.98 Å². The Morgan fingerprint density at radius 1 is 1.58 bits per heavy atom. The van der Waals surface area contributed by atoms with Gasteiger partial charge in [0.05, 0.1) is 11.8 Å². The number of aromatic nitrogens is 2. The van der Waals surface area contributed by atoms with Gasteiger partial charge in [-0.25, -0.2) is 4.79 Å². The van der Waals surface area contributed by atoms with E-state index in [9.17, 15) is 9.59 Å². The van der Waals surface area contributed by atoms with Gasteiger partial charge in [0.2, 0.25) is 0 Å².